The third kappa shape index (κ3) is 8.59. The van der Waals surface area contributed by atoms with Gasteiger partial charge in [-0.2, -0.15) is 8.78 Å². The molecule has 2 N–H and O–H groups in total. The quantitative estimate of drug-likeness (QED) is 0.272. The molecule has 1 atom stereocenters. The number of halogens is 4. The Kier molecular flexibility index (Phi) is 10.1. The van der Waals surface area contributed by atoms with Gasteiger partial charge in [0.1, 0.15) is 18.1 Å². The van der Waals surface area contributed by atoms with Crippen LogP contribution in [0.1, 0.15) is 28.4 Å². The minimum atomic E-state index is -3.18. The van der Waals surface area contributed by atoms with Gasteiger partial charge in [0.05, 0.1) is 24.3 Å². The van der Waals surface area contributed by atoms with E-state index in [4.69, 9.17) is 25.8 Å². The fourth-order valence-corrected chi connectivity index (χ4v) is 3.37. The lowest BCUT2D eigenvalue weighted by molar-refractivity contribution is -0.153. The summed E-state index contributed by atoms with van der Waals surface area (Å²) in [6.45, 7) is 1.34. The number of benzene rings is 2. The van der Waals surface area contributed by atoms with E-state index in [2.05, 4.69) is 5.32 Å². The van der Waals surface area contributed by atoms with Gasteiger partial charge in [-0.25, -0.2) is 4.79 Å². The molecule has 180 valence electrons. The minimum Gasteiger partial charge on any atom is -0.496 e. The summed E-state index contributed by atoms with van der Waals surface area (Å²) in [5.74, 6) is -0.773. The molecule has 2 aromatic rings. The number of carbonyl (C=O) groups is 2. The van der Waals surface area contributed by atoms with E-state index in [0.717, 1.165) is 22.6 Å². The monoisotopic (exact) mass is 597 g/mol. The summed E-state index contributed by atoms with van der Waals surface area (Å²) < 4.78 is 38.5. The van der Waals surface area contributed by atoms with Crippen molar-refractivity contribution in [1.82, 2.24) is 5.32 Å². The fraction of sp³-hybridized carbons (Fsp3) is 0.364. The molecule has 0 heterocycles. The Morgan fingerprint density at radius 3 is 2.55 bits per heavy atom. The van der Waals surface area contributed by atoms with Crippen LogP contribution in [0.4, 0.5) is 8.78 Å². The average molecular weight is 598 g/mol. The van der Waals surface area contributed by atoms with Crippen molar-refractivity contribution in [3.63, 3.8) is 0 Å². The predicted octanol–water partition coefficient (Wildman–Crippen LogP) is 4.72. The molecule has 0 aliphatic heterocycles. The van der Waals surface area contributed by atoms with Crippen LogP contribution in [-0.4, -0.2) is 47.3 Å². The normalized spacial score (nSPS) is 12.2. The van der Waals surface area contributed by atoms with E-state index in [1.165, 1.54) is 7.11 Å². The van der Waals surface area contributed by atoms with Crippen LogP contribution in [-0.2, 0) is 22.5 Å². The smallest absolute Gasteiger partial charge is 0.333 e. The molecule has 7 nitrogen and oxygen atoms in total. The van der Waals surface area contributed by atoms with Crippen molar-refractivity contribution in [2.75, 3.05) is 20.3 Å². The standard InChI is InChI=1S/C22H23ClF2INO6/c1-3-32-15-5-6-16(17(23)10-15)20(28)27-11-14-8-13(4-7-18(14)31-2)9-19(21(29)30)33-12-22(24,25)26/h4-8,10,19H,3,9,11-12H2,1-2H3,(H,27,28)(H,29,30). The van der Waals surface area contributed by atoms with Crippen molar-refractivity contribution < 1.29 is 37.7 Å². The molecule has 0 saturated carbocycles. The van der Waals surface area contributed by atoms with Crippen LogP contribution in [0.3, 0.4) is 0 Å². The summed E-state index contributed by atoms with van der Waals surface area (Å²) in [7, 11) is 1.45. The lowest BCUT2D eigenvalue weighted by atomic mass is 10.0. The lowest BCUT2D eigenvalue weighted by Gasteiger charge is -2.17. The van der Waals surface area contributed by atoms with Gasteiger partial charge in [-0.05, 0) is 36.8 Å². The van der Waals surface area contributed by atoms with Crippen LogP contribution in [0.2, 0.25) is 5.02 Å². The van der Waals surface area contributed by atoms with E-state index in [0.29, 0.717) is 29.2 Å². The molecule has 11 heteroatoms. The predicted molar refractivity (Wildman–Crippen MR) is 127 cm³/mol. The number of methoxy groups -OCH3 is 1. The highest BCUT2D eigenvalue weighted by molar-refractivity contribution is 14.1. The Labute approximate surface area is 208 Å². The summed E-state index contributed by atoms with van der Waals surface area (Å²) in [6, 6.07) is 9.57. The fourth-order valence-electron chi connectivity index (χ4n) is 2.93. The van der Waals surface area contributed by atoms with Gasteiger partial charge >= 0.3 is 9.90 Å². The molecular weight excluding hydrogens is 575 g/mol. The van der Waals surface area contributed by atoms with Gasteiger partial charge in [-0.3, -0.25) is 4.79 Å². The van der Waals surface area contributed by atoms with E-state index in [1.807, 2.05) is 6.92 Å². The van der Waals surface area contributed by atoms with Crippen LogP contribution in [0.5, 0.6) is 11.5 Å². The molecule has 0 fully saturated rings. The molecule has 0 bridgehead atoms. The van der Waals surface area contributed by atoms with Crippen molar-refractivity contribution >= 4 is 46.1 Å². The van der Waals surface area contributed by atoms with Gasteiger partial charge in [-0.15, -0.1) is 0 Å². The Morgan fingerprint density at radius 2 is 1.97 bits per heavy atom. The summed E-state index contributed by atoms with van der Waals surface area (Å²) in [5, 5.41) is 12.3. The third-order valence-corrected chi connectivity index (χ3v) is 5.05. The zero-order valence-electron chi connectivity index (χ0n) is 17.9. The Morgan fingerprint density at radius 1 is 1.24 bits per heavy atom. The van der Waals surface area contributed by atoms with Crippen LogP contribution in [0.25, 0.3) is 0 Å². The second-order valence-electron chi connectivity index (χ2n) is 6.86. The van der Waals surface area contributed by atoms with Gasteiger partial charge in [-0.1, -0.05) is 23.7 Å². The summed E-state index contributed by atoms with van der Waals surface area (Å²) in [4.78, 5) is 24.0. The second kappa shape index (κ2) is 12.3. The Hall–Kier alpha value is -2.18. The number of hydrogen-bond donors (Lipinski definition) is 2. The van der Waals surface area contributed by atoms with E-state index in [1.54, 1.807) is 36.4 Å². The number of ether oxygens (including phenoxy) is 3. The number of carboxylic acid groups (broad SMARTS) is 1. The molecule has 1 unspecified atom stereocenters. The Bertz CT molecular complexity index is 986. The first kappa shape index (κ1) is 27.1. The maximum atomic E-state index is 13.0. The molecule has 2 aromatic carbocycles. The molecule has 0 spiro atoms. The van der Waals surface area contributed by atoms with Crippen molar-refractivity contribution in [1.29, 1.82) is 0 Å². The van der Waals surface area contributed by atoms with E-state index >= 15 is 0 Å². The van der Waals surface area contributed by atoms with Crippen LogP contribution >= 0.6 is 34.2 Å². The minimum absolute atomic E-state index is 0.0593. The Balaban J connectivity index is 2.12. The first-order valence-corrected chi connectivity index (χ1v) is 11.3. The maximum absolute atomic E-state index is 13.0. The SMILES string of the molecule is CCOc1ccc(C(=O)NCc2cc(CC(OCC(F)(F)I)C(=O)O)ccc2OC)c(Cl)c1. The number of carboxylic acids is 1. The second-order valence-corrected chi connectivity index (χ2v) is 8.85. The molecule has 1 amide bonds. The topological polar surface area (TPSA) is 94.1 Å². The number of hydrogen-bond acceptors (Lipinski definition) is 5. The van der Waals surface area contributed by atoms with Crippen LogP contribution in [0.15, 0.2) is 36.4 Å². The van der Waals surface area contributed by atoms with Gasteiger partial charge in [0.2, 0.25) is 0 Å². The van der Waals surface area contributed by atoms with Crippen molar-refractivity contribution in [3.8, 4) is 11.5 Å². The van der Waals surface area contributed by atoms with Gasteiger partial charge in [0, 0.05) is 41.1 Å². The first-order valence-electron chi connectivity index (χ1n) is 9.81. The van der Waals surface area contributed by atoms with E-state index in [-0.39, 0.29) is 23.6 Å². The maximum Gasteiger partial charge on any atom is 0.333 e. The molecule has 0 radical (unpaired) electrons. The molecule has 0 saturated heterocycles. The molecule has 33 heavy (non-hydrogen) atoms. The highest BCUT2D eigenvalue weighted by Gasteiger charge is 2.29. The number of rotatable bonds is 12. The molecule has 0 aliphatic carbocycles. The van der Waals surface area contributed by atoms with Crippen LogP contribution < -0.4 is 14.8 Å². The van der Waals surface area contributed by atoms with Gasteiger partial charge in [0.15, 0.2) is 6.10 Å². The molecule has 0 aromatic heterocycles. The zero-order valence-corrected chi connectivity index (χ0v) is 20.8. The number of amides is 1. The van der Waals surface area contributed by atoms with E-state index in [9.17, 15) is 23.5 Å². The highest BCUT2D eigenvalue weighted by atomic mass is 127. The lowest BCUT2D eigenvalue weighted by Crippen LogP contribution is -2.30. The third-order valence-electron chi connectivity index (χ3n) is 4.43. The van der Waals surface area contributed by atoms with Crippen molar-refractivity contribution in [3.05, 3.63) is 58.1 Å². The van der Waals surface area contributed by atoms with Gasteiger partial charge < -0.3 is 24.6 Å². The average Bonchev–Trinajstić information content (AvgIpc) is 2.74. The zero-order chi connectivity index (χ0) is 24.6. The first-order chi connectivity index (χ1) is 15.5. The summed E-state index contributed by atoms with van der Waals surface area (Å²) in [5.41, 5.74) is 1.34. The van der Waals surface area contributed by atoms with E-state index < -0.39 is 28.5 Å². The summed E-state index contributed by atoms with van der Waals surface area (Å²) >= 11 is 7.07. The number of nitrogens with one attached hydrogen (secondary N) is 1. The summed E-state index contributed by atoms with van der Waals surface area (Å²) in [6.07, 6.45) is -1.60. The molecule has 2 rings (SSSR count). The number of aliphatic carboxylic acids is 1. The van der Waals surface area contributed by atoms with Crippen LogP contribution in [0, 0.1) is 0 Å². The highest BCUT2D eigenvalue weighted by Crippen LogP contribution is 2.26. The van der Waals surface area contributed by atoms with Gasteiger partial charge in [0.25, 0.3) is 5.91 Å². The number of alkyl halides is 3. The van der Waals surface area contributed by atoms with Crippen molar-refractivity contribution in [2.45, 2.75) is 29.9 Å². The molecule has 0 aliphatic rings. The number of carbonyl (C=O) groups excluding carboxylic acids is 1. The largest absolute Gasteiger partial charge is 0.496 e. The molecular formula is C22H23ClF2INO6. The van der Waals surface area contributed by atoms with Crippen molar-refractivity contribution in [2.24, 2.45) is 0 Å².